The lowest BCUT2D eigenvalue weighted by molar-refractivity contribution is -0.159. The van der Waals surface area contributed by atoms with E-state index in [0.717, 1.165) is 16.9 Å². The molecule has 1 fully saturated rings. The van der Waals surface area contributed by atoms with Gasteiger partial charge in [0, 0.05) is 25.1 Å². The summed E-state index contributed by atoms with van der Waals surface area (Å²) in [5, 5.41) is 9.40. The molecule has 3 rings (SSSR count). The summed E-state index contributed by atoms with van der Waals surface area (Å²) in [6.07, 6.45) is -0.434. The summed E-state index contributed by atoms with van der Waals surface area (Å²) < 4.78 is 35.3. The number of hydrogen-bond acceptors (Lipinski definition) is 4. The van der Waals surface area contributed by atoms with E-state index in [9.17, 15) is 18.7 Å². The van der Waals surface area contributed by atoms with Crippen molar-refractivity contribution in [3.63, 3.8) is 0 Å². The molecule has 0 spiro atoms. The molecule has 2 atom stereocenters. The number of allylic oxidation sites excluding steroid dienone is 1. The number of halogens is 2. The third-order valence-electron chi connectivity index (χ3n) is 4.84. The normalized spacial score (nSPS) is 18.8. The summed E-state index contributed by atoms with van der Waals surface area (Å²) in [6.45, 7) is 3.12. The number of carbonyl (C=O) groups is 1. The average molecular weight is 403 g/mol. The maximum Gasteiger partial charge on any atom is 0.345 e. The molecule has 1 heterocycles. The van der Waals surface area contributed by atoms with Gasteiger partial charge < -0.3 is 19.5 Å². The fourth-order valence-corrected chi connectivity index (χ4v) is 3.38. The zero-order valence-electron chi connectivity index (χ0n) is 16.1. The number of ether oxygens (including phenoxy) is 2. The van der Waals surface area contributed by atoms with Crippen LogP contribution in [0, 0.1) is 6.92 Å². The Hall–Kier alpha value is -2.93. The second-order valence-electron chi connectivity index (χ2n) is 7.06. The first-order valence-electron chi connectivity index (χ1n) is 9.26. The van der Waals surface area contributed by atoms with Crippen molar-refractivity contribution in [2.75, 3.05) is 6.54 Å². The molecule has 1 aliphatic rings. The van der Waals surface area contributed by atoms with Crippen LogP contribution < -0.4 is 4.74 Å². The van der Waals surface area contributed by atoms with Gasteiger partial charge in [0.05, 0.1) is 6.10 Å². The summed E-state index contributed by atoms with van der Waals surface area (Å²) in [5.74, 6) is 0.339. The minimum atomic E-state index is -2.93. The Bertz CT molecular complexity index is 852. The second kappa shape index (κ2) is 9.05. The summed E-state index contributed by atoms with van der Waals surface area (Å²) in [4.78, 5) is 13.0. The molecule has 2 aromatic rings. The average Bonchev–Trinajstić information content (AvgIpc) is 3.09. The number of nitrogens with zero attached hydrogens (tertiary/aromatic N) is 1. The molecule has 1 aliphatic heterocycles. The Morgan fingerprint density at radius 3 is 2.31 bits per heavy atom. The van der Waals surface area contributed by atoms with Crippen LogP contribution in [0.1, 0.15) is 17.5 Å². The number of likely N-dealkylation sites (tertiary alicyclic amines) is 1. The molecule has 1 saturated heterocycles. The molecule has 0 amide bonds. The Morgan fingerprint density at radius 2 is 1.76 bits per heavy atom. The van der Waals surface area contributed by atoms with Gasteiger partial charge in [-0.3, -0.25) is 0 Å². The molecule has 0 aliphatic carbocycles. The molecule has 1 unspecified atom stereocenters. The lowest BCUT2D eigenvalue weighted by Gasteiger charge is -2.25. The zero-order chi connectivity index (χ0) is 21.0. The minimum absolute atomic E-state index is 0.00201. The van der Waals surface area contributed by atoms with Crippen molar-refractivity contribution in [3.05, 3.63) is 71.9 Å². The Labute approximate surface area is 168 Å². The van der Waals surface area contributed by atoms with Crippen LogP contribution in [0.3, 0.4) is 0 Å². The highest BCUT2D eigenvalue weighted by molar-refractivity contribution is 5.74. The van der Waals surface area contributed by atoms with Crippen molar-refractivity contribution in [2.24, 2.45) is 0 Å². The molecule has 0 radical (unpaired) electrons. The maximum atomic E-state index is 12.5. The van der Waals surface area contributed by atoms with Crippen LogP contribution >= 0.6 is 0 Å². The van der Waals surface area contributed by atoms with Gasteiger partial charge >= 0.3 is 12.6 Å². The summed E-state index contributed by atoms with van der Waals surface area (Å²) in [6, 6.07) is 14.2. The molecular weight excluding hydrogens is 380 g/mol. The number of rotatable bonds is 8. The number of hydrogen-bond donors (Lipinski definition) is 1. The molecule has 5 nitrogen and oxygen atoms in total. The van der Waals surface area contributed by atoms with E-state index in [1.165, 1.54) is 4.90 Å². The fraction of sp³-hybridized carbons (Fsp3) is 0.318. The van der Waals surface area contributed by atoms with Crippen LogP contribution in [0.15, 0.2) is 60.8 Å². The van der Waals surface area contributed by atoms with Crippen molar-refractivity contribution >= 4 is 5.97 Å². The molecule has 0 saturated carbocycles. The molecule has 0 aromatic heterocycles. The van der Waals surface area contributed by atoms with Crippen molar-refractivity contribution in [1.82, 2.24) is 4.90 Å². The molecule has 154 valence electrons. The van der Waals surface area contributed by atoms with E-state index in [4.69, 9.17) is 4.74 Å². The van der Waals surface area contributed by atoms with Gasteiger partial charge in [-0.25, -0.2) is 4.79 Å². The highest BCUT2D eigenvalue weighted by Gasteiger charge is 2.39. The number of alkyl halides is 2. The van der Waals surface area contributed by atoms with Crippen molar-refractivity contribution in [2.45, 2.75) is 38.5 Å². The van der Waals surface area contributed by atoms with Crippen LogP contribution in [0.25, 0.3) is 0 Å². The molecule has 29 heavy (non-hydrogen) atoms. The highest BCUT2D eigenvalue weighted by atomic mass is 19.3. The fourth-order valence-electron chi connectivity index (χ4n) is 3.38. The van der Waals surface area contributed by atoms with E-state index >= 15 is 0 Å². The predicted molar refractivity (Wildman–Crippen MR) is 104 cm³/mol. The van der Waals surface area contributed by atoms with Crippen LogP contribution in [0.4, 0.5) is 8.78 Å². The summed E-state index contributed by atoms with van der Waals surface area (Å²) in [5.41, 5.74) is 2.60. The standard InChI is InChI=1S/C22H23F2NO4/c1-14-3-7-17(8-4-14)28-18-9-5-16(6-10-18)11-15(2)25-13-19(29-22(23)24)12-20(25)21(26)27/h3-10,19-20,22H,2,11-13H2,1H3,(H,26,27)/t19-,20?/m1/s1. The van der Waals surface area contributed by atoms with Gasteiger partial charge in [-0.2, -0.15) is 8.78 Å². The predicted octanol–water partition coefficient (Wildman–Crippen LogP) is 4.61. The van der Waals surface area contributed by atoms with Crippen LogP contribution in [0.2, 0.25) is 0 Å². The first-order valence-corrected chi connectivity index (χ1v) is 9.26. The number of aryl methyl sites for hydroxylation is 1. The SMILES string of the molecule is C=C(Cc1ccc(Oc2ccc(C)cc2)cc1)N1C[C@H](OC(F)F)CC1C(=O)O. The van der Waals surface area contributed by atoms with E-state index in [1.54, 1.807) is 0 Å². The lowest BCUT2D eigenvalue weighted by Crippen LogP contribution is -2.35. The van der Waals surface area contributed by atoms with Gasteiger partial charge in [0.25, 0.3) is 0 Å². The Kier molecular flexibility index (Phi) is 6.49. The van der Waals surface area contributed by atoms with Gasteiger partial charge in [0.15, 0.2) is 0 Å². The first kappa shape index (κ1) is 20.8. The van der Waals surface area contributed by atoms with Crippen LogP contribution in [-0.4, -0.2) is 41.3 Å². The van der Waals surface area contributed by atoms with Crippen LogP contribution in [0.5, 0.6) is 11.5 Å². The highest BCUT2D eigenvalue weighted by Crippen LogP contribution is 2.28. The quantitative estimate of drug-likeness (QED) is 0.698. The Balaban J connectivity index is 1.62. The topological polar surface area (TPSA) is 59.0 Å². The van der Waals surface area contributed by atoms with E-state index < -0.39 is 24.7 Å². The number of carboxylic acid groups (broad SMARTS) is 1. The van der Waals surface area contributed by atoms with Crippen molar-refractivity contribution in [1.29, 1.82) is 0 Å². The molecular formula is C22H23F2NO4. The lowest BCUT2D eigenvalue weighted by atomic mass is 10.1. The summed E-state index contributed by atoms with van der Waals surface area (Å²) >= 11 is 0. The van der Waals surface area contributed by atoms with E-state index in [-0.39, 0.29) is 13.0 Å². The van der Waals surface area contributed by atoms with E-state index in [1.807, 2.05) is 55.5 Å². The molecule has 0 bridgehead atoms. The number of aliphatic carboxylic acids is 1. The van der Waals surface area contributed by atoms with Gasteiger partial charge in [0.1, 0.15) is 17.5 Å². The largest absolute Gasteiger partial charge is 0.480 e. The van der Waals surface area contributed by atoms with Crippen molar-refractivity contribution in [3.8, 4) is 11.5 Å². The third-order valence-corrected chi connectivity index (χ3v) is 4.84. The second-order valence-corrected chi connectivity index (χ2v) is 7.06. The number of benzene rings is 2. The Morgan fingerprint density at radius 1 is 1.17 bits per heavy atom. The van der Waals surface area contributed by atoms with Gasteiger partial charge in [0.2, 0.25) is 0 Å². The maximum absolute atomic E-state index is 12.5. The third kappa shape index (κ3) is 5.54. The molecule has 7 heteroatoms. The minimum Gasteiger partial charge on any atom is -0.480 e. The first-order chi connectivity index (χ1) is 13.8. The summed E-state index contributed by atoms with van der Waals surface area (Å²) in [7, 11) is 0. The van der Waals surface area contributed by atoms with Gasteiger partial charge in [-0.15, -0.1) is 0 Å². The number of carboxylic acids is 1. The molecule has 2 aromatic carbocycles. The molecule has 1 N–H and O–H groups in total. The zero-order valence-corrected chi connectivity index (χ0v) is 16.1. The van der Waals surface area contributed by atoms with Gasteiger partial charge in [-0.1, -0.05) is 36.4 Å². The van der Waals surface area contributed by atoms with E-state index in [0.29, 0.717) is 17.9 Å². The monoisotopic (exact) mass is 403 g/mol. The smallest absolute Gasteiger partial charge is 0.345 e. The van der Waals surface area contributed by atoms with E-state index in [2.05, 4.69) is 11.3 Å². The van der Waals surface area contributed by atoms with Crippen molar-refractivity contribution < 1.29 is 28.2 Å². The van der Waals surface area contributed by atoms with Gasteiger partial charge in [-0.05, 0) is 36.8 Å². The van der Waals surface area contributed by atoms with Crippen LogP contribution in [-0.2, 0) is 16.0 Å².